The summed E-state index contributed by atoms with van der Waals surface area (Å²) in [6.45, 7) is 7.99. The highest BCUT2D eigenvalue weighted by Crippen LogP contribution is 2.17. The molecule has 5 heteroatoms. The van der Waals surface area contributed by atoms with Gasteiger partial charge in [-0.1, -0.05) is 11.6 Å². The van der Waals surface area contributed by atoms with Gasteiger partial charge in [0.05, 0.1) is 17.3 Å². The molecule has 1 aromatic rings. The summed E-state index contributed by atoms with van der Waals surface area (Å²) in [4.78, 5) is 6.66. The van der Waals surface area contributed by atoms with E-state index in [2.05, 4.69) is 15.2 Å². The number of hydrogen-bond donors (Lipinski definition) is 1. The lowest BCUT2D eigenvalue weighted by atomic mass is 10.3. The van der Waals surface area contributed by atoms with Crippen molar-refractivity contribution in [3.63, 3.8) is 0 Å². The van der Waals surface area contributed by atoms with Crippen LogP contribution in [0.25, 0.3) is 0 Å². The maximum Gasteiger partial charge on any atom is 0.126 e. The van der Waals surface area contributed by atoms with Gasteiger partial charge >= 0.3 is 0 Å². The molecule has 0 radical (unpaired) electrons. The van der Waals surface area contributed by atoms with Crippen molar-refractivity contribution in [2.75, 3.05) is 38.7 Å². The Kier molecular flexibility index (Phi) is 7.01. The SMILES string of the molecule is CCNc1ccc(Cl)c(CN(C)CCOCC)n1. The monoisotopic (exact) mass is 271 g/mol. The summed E-state index contributed by atoms with van der Waals surface area (Å²) in [5, 5.41) is 3.90. The molecule has 1 rings (SSSR count). The molecule has 1 N–H and O–H groups in total. The van der Waals surface area contributed by atoms with Gasteiger partial charge in [0.25, 0.3) is 0 Å². The second-order valence-corrected chi connectivity index (χ2v) is 4.50. The second kappa shape index (κ2) is 8.29. The maximum atomic E-state index is 6.15. The first-order valence-corrected chi connectivity index (χ1v) is 6.70. The fourth-order valence-electron chi connectivity index (χ4n) is 1.57. The summed E-state index contributed by atoms with van der Waals surface area (Å²) in [5.74, 6) is 0.870. The lowest BCUT2D eigenvalue weighted by Gasteiger charge is -2.17. The zero-order valence-electron chi connectivity index (χ0n) is 11.4. The number of anilines is 1. The molecule has 1 heterocycles. The van der Waals surface area contributed by atoms with Crippen molar-refractivity contribution in [1.82, 2.24) is 9.88 Å². The number of hydrogen-bond acceptors (Lipinski definition) is 4. The Morgan fingerprint density at radius 2 is 2.17 bits per heavy atom. The van der Waals surface area contributed by atoms with Crippen LogP contribution in [0.4, 0.5) is 5.82 Å². The summed E-state index contributed by atoms with van der Waals surface area (Å²) < 4.78 is 5.33. The summed E-state index contributed by atoms with van der Waals surface area (Å²) in [6, 6.07) is 3.79. The zero-order chi connectivity index (χ0) is 13.4. The molecule has 0 bridgehead atoms. The second-order valence-electron chi connectivity index (χ2n) is 4.09. The van der Waals surface area contributed by atoms with Gasteiger partial charge in [-0.25, -0.2) is 4.98 Å². The van der Waals surface area contributed by atoms with Crippen molar-refractivity contribution < 1.29 is 4.74 Å². The van der Waals surface area contributed by atoms with Crippen molar-refractivity contribution in [3.05, 3.63) is 22.8 Å². The number of nitrogens with zero attached hydrogens (tertiary/aromatic N) is 2. The fourth-order valence-corrected chi connectivity index (χ4v) is 1.74. The van der Waals surface area contributed by atoms with Crippen molar-refractivity contribution in [3.8, 4) is 0 Å². The van der Waals surface area contributed by atoms with E-state index >= 15 is 0 Å². The van der Waals surface area contributed by atoms with Crippen molar-refractivity contribution in [2.24, 2.45) is 0 Å². The summed E-state index contributed by atoms with van der Waals surface area (Å²) in [5.41, 5.74) is 0.897. The first-order valence-electron chi connectivity index (χ1n) is 6.33. The molecule has 0 aromatic carbocycles. The van der Waals surface area contributed by atoms with E-state index in [9.17, 15) is 0 Å². The van der Waals surface area contributed by atoms with Gasteiger partial charge in [0, 0.05) is 26.2 Å². The van der Waals surface area contributed by atoms with Crippen molar-refractivity contribution in [2.45, 2.75) is 20.4 Å². The van der Waals surface area contributed by atoms with Crippen LogP contribution >= 0.6 is 11.6 Å². The van der Waals surface area contributed by atoms with Gasteiger partial charge in [0.15, 0.2) is 0 Å². The van der Waals surface area contributed by atoms with Gasteiger partial charge in [-0.15, -0.1) is 0 Å². The summed E-state index contributed by atoms with van der Waals surface area (Å²) >= 11 is 6.15. The minimum atomic E-state index is 0.708. The molecule has 1 aromatic heterocycles. The lowest BCUT2D eigenvalue weighted by molar-refractivity contribution is 0.120. The highest BCUT2D eigenvalue weighted by Gasteiger charge is 2.07. The highest BCUT2D eigenvalue weighted by atomic mass is 35.5. The number of halogens is 1. The Morgan fingerprint density at radius 1 is 1.39 bits per heavy atom. The third-order valence-corrected chi connectivity index (χ3v) is 2.86. The molecule has 0 aliphatic rings. The van der Waals surface area contributed by atoms with Gasteiger partial charge < -0.3 is 10.1 Å². The topological polar surface area (TPSA) is 37.4 Å². The zero-order valence-corrected chi connectivity index (χ0v) is 12.1. The Morgan fingerprint density at radius 3 is 2.83 bits per heavy atom. The smallest absolute Gasteiger partial charge is 0.126 e. The Hall–Kier alpha value is -0.840. The van der Waals surface area contributed by atoms with E-state index in [0.29, 0.717) is 5.02 Å². The van der Waals surface area contributed by atoms with E-state index in [1.807, 2.05) is 33.0 Å². The largest absolute Gasteiger partial charge is 0.380 e. The number of pyridine rings is 1. The molecule has 0 aliphatic heterocycles. The molecular formula is C13H22ClN3O. The van der Waals surface area contributed by atoms with E-state index < -0.39 is 0 Å². The summed E-state index contributed by atoms with van der Waals surface area (Å²) in [6.07, 6.45) is 0. The van der Waals surface area contributed by atoms with Crippen LogP contribution < -0.4 is 5.32 Å². The molecule has 0 saturated heterocycles. The Labute approximate surface area is 114 Å². The lowest BCUT2D eigenvalue weighted by Crippen LogP contribution is -2.23. The standard InChI is InChI=1S/C13H22ClN3O/c1-4-15-13-7-6-11(14)12(16-13)10-17(3)8-9-18-5-2/h6-7H,4-5,8-10H2,1-3H3,(H,15,16). The molecule has 0 fully saturated rings. The molecule has 18 heavy (non-hydrogen) atoms. The third kappa shape index (κ3) is 5.21. The van der Waals surface area contributed by atoms with Gasteiger partial charge in [-0.05, 0) is 33.0 Å². The molecule has 0 atom stereocenters. The number of ether oxygens (including phenoxy) is 1. The first-order chi connectivity index (χ1) is 8.67. The third-order valence-electron chi connectivity index (χ3n) is 2.52. The highest BCUT2D eigenvalue weighted by molar-refractivity contribution is 6.31. The van der Waals surface area contributed by atoms with Gasteiger partial charge in [-0.3, -0.25) is 4.90 Å². The van der Waals surface area contributed by atoms with E-state index in [0.717, 1.165) is 44.4 Å². The Bertz CT molecular complexity index is 360. The van der Waals surface area contributed by atoms with Crippen LogP contribution in [-0.4, -0.2) is 43.2 Å². The number of likely N-dealkylation sites (N-methyl/N-ethyl adjacent to an activating group) is 1. The minimum absolute atomic E-state index is 0.708. The van der Waals surface area contributed by atoms with Crippen molar-refractivity contribution >= 4 is 17.4 Å². The first kappa shape index (κ1) is 15.2. The predicted octanol–water partition coefficient (Wildman–Crippen LogP) is 2.64. The molecule has 0 amide bonds. The average molecular weight is 272 g/mol. The van der Waals surface area contributed by atoms with E-state index in [1.165, 1.54) is 0 Å². The Balaban J connectivity index is 2.56. The molecule has 0 saturated carbocycles. The molecule has 0 unspecified atom stereocenters. The number of rotatable bonds is 8. The van der Waals surface area contributed by atoms with Gasteiger partial charge in [0.1, 0.15) is 5.82 Å². The quantitative estimate of drug-likeness (QED) is 0.738. The number of aromatic nitrogens is 1. The van der Waals surface area contributed by atoms with Gasteiger partial charge in [0.2, 0.25) is 0 Å². The van der Waals surface area contributed by atoms with Crippen LogP contribution in [0.1, 0.15) is 19.5 Å². The molecule has 0 spiro atoms. The van der Waals surface area contributed by atoms with Crippen molar-refractivity contribution in [1.29, 1.82) is 0 Å². The fraction of sp³-hybridized carbons (Fsp3) is 0.615. The minimum Gasteiger partial charge on any atom is -0.380 e. The van der Waals surface area contributed by atoms with Crippen LogP contribution in [0.3, 0.4) is 0 Å². The predicted molar refractivity (Wildman–Crippen MR) is 76.2 cm³/mol. The van der Waals surface area contributed by atoms with E-state index in [-0.39, 0.29) is 0 Å². The van der Waals surface area contributed by atoms with E-state index in [1.54, 1.807) is 0 Å². The van der Waals surface area contributed by atoms with Crippen LogP contribution in [0.2, 0.25) is 5.02 Å². The number of nitrogens with one attached hydrogen (secondary N) is 1. The molecule has 0 aliphatic carbocycles. The summed E-state index contributed by atoms with van der Waals surface area (Å²) in [7, 11) is 2.04. The van der Waals surface area contributed by atoms with Crippen LogP contribution in [-0.2, 0) is 11.3 Å². The van der Waals surface area contributed by atoms with Gasteiger partial charge in [-0.2, -0.15) is 0 Å². The van der Waals surface area contributed by atoms with E-state index in [4.69, 9.17) is 16.3 Å². The van der Waals surface area contributed by atoms with Crippen LogP contribution in [0.5, 0.6) is 0 Å². The molecule has 4 nitrogen and oxygen atoms in total. The molecular weight excluding hydrogens is 250 g/mol. The van der Waals surface area contributed by atoms with Crippen LogP contribution in [0.15, 0.2) is 12.1 Å². The molecule has 102 valence electrons. The van der Waals surface area contributed by atoms with Crippen LogP contribution in [0, 0.1) is 0 Å². The maximum absolute atomic E-state index is 6.15. The average Bonchev–Trinajstić information content (AvgIpc) is 2.34. The normalized spacial score (nSPS) is 10.9.